The van der Waals surface area contributed by atoms with Gasteiger partial charge in [-0.15, -0.1) is 11.3 Å². The third-order valence-electron chi connectivity index (χ3n) is 4.32. The molecule has 1 N–H and O–H groups in total. The minimum absolute atomic E-state index is 0.000685. The maximum atomic E-state index is 12.3. The molecule has 2 heterocycles. The quantitative estimate of drug-likeness (QED) is 0.803. The Balaban J connectivity index is 1.52. The number of hydrogen-bond donors (Lipinski definition) is 1. The molecular formula is C18H25N3O2S2. The standard InChI is InChI=1S/C18H25N3O2S2/c1-15-6-5-7-16(10-15)14-25(22,23)19-11-18-20-17(13-24-18)12-21-8-3-2-4-9-21/h5-7,10,13,19H,2-4,8-9,11-12,14H2,1H3. The van der Waals surface area contributed by atoms with E-state index >= 15 is 0 Å². The number of aromatic nitrogens is 1. The molecule has 1 fully saturated rings. The van der Waals surface area contributed by atoms with Crippen LogP contribution >= 0.6 is 11.3 Å². The van der Waals surface area contributed by atoms with E-state index < -0.39 is 10.0 Å². The number of nitrogens with zero attached hydrogens (tertiary/aromatic N) is 2. The average molecular weight is 380 g/mol. The Bertz CT molecular complexity index is 796. The number of piperidine rings is 1. The minimum Gasteiger partial charge on any atom is -0.297 e. The van der Waals surface area contributed by atoms with Crippen LogP contribution in [0.15, 0.2) is 29.6 Å². The van der Waals surface area contributed by atoms with Gasteiger partial charge in [0.1, 0.15) is 5.01 Å². The lowest BCUT2D eigenvalue weighted by Crippen LogP contribution is -2.29. The lowest BCUT2D eigenvalue weighted by molar-refractivity contribution is 0.219. The summed E-state index contributed by atoms with van der Waals surface area (Å²) in [5.74, 6) is 0.000685. The largest absolute Gasteiger partial charge is 0.297 e. The molecule has 0 atom stereocenters. The van der Waals surface area contributed by atoms with Gasteiger partial charge in [0, 0.05) is 11.9 Å². The number of hydrogen-bond acceptors (Lipinski definition) is 5. The van der Waals surface area contributed by atoms with Crippen molar-refractivity contribution < 1.29 is 8.42 Å². The smallest absolute Gasteiger partial charge is 0.216 e. The lowest BCUT2D eigenvalue weighted by atomic mass is 10.1. The molecule has 2 aromatic rings. The van der Waals surface area contributed by atoms with Crippen molar-refractivity contribution in [3.63, 3.8) is 0 Å². The Kier molecular flexibility index (Phi) is 6.22. The zero-order valence-electron chi connectivity index (χ0n) is 14.6. The van der Waals surface area contributed by atoms with Gasteiger partial charge in [-0.2, -0.15) is 0 Å². The van der Waals surface area contributed by atoms with Gasteiger partial charge in [0.2, 0.25) is 10.0 Å². The van der Waals surface area contributed by atoms with Crippen LogP contribution in [0.5, 0.6) is 0 Å². The summed E-state index contributed by atoms with van der Waals surface area (Å²) in [5.41, 5.74) is 2.91. The van der Waals surface area contributed by atoms with Gasteiger partial charge in [-0.1, -0.05) is 36.2 Å². The highest BCUT2D eigenvalue weighted by atomic mass is 32.2. The van der Waals surface area contributed by atoms with Crippen LogP contribution in [-0.2, 0) is 28.9 Å². The molecule has 1 aromatic heterocycles. The molecule has 1 aromatic carbocycles. The van der Waals surface area contributed by atoms with E-state index in [0.29, 0.717) is 0 Å². The van der Waals surface area contributed by atoms with Crippen LogP contribution in [0.3, 0.4) is 0 Å². The fourth-order valence-electron chi connectivity index (χ4n) is 3.09. The van der Waals surface area contributed by atoms with Gasteiger partial charge in [0.05, 0.1) is 18.0 Å². The van der Waals surface area contributed by atoms with E-state index in [2.05, 4.69) is 14.6 Å². The summed E-state index contributed by atoms with van der Waals surface area (Å²) >= 11 is 1.52. The molecule has 5 nitrogen and oxygen atoms in total. The molecular weight excluding hydrogens is 354 g/mol. The van der Waals surface area contributed by atoms with Gasteiger partial charge in [-0.25, -0.2) is 18.1 Å². The number of thiazole rings is 1. The molecule has 1 saturated heterocycles. The highest BCUT2D eigenvalue weighted by Crippen LogP contribution is 2.16. The topological polar surface area (TPSA) is 62.3 Å². The molecule has 0 saturated carbocycles. The van der Waals surface area contributed by atoms with Crippen LogP contribution in [0.2, 0.25) is 0 Å². The maximum Gasteiger partial charge on any atom is 0.216 e. The first kappa shape index (κ1) is 18.5. The Morgan fingerprint density at radius 2 is 2.04 bits per heavy atom. The van der Waals surface area contributed by atoms with E-state index in [1.807, 2.05) is 36.6 Å². The molecule has 0 amide bonds. The van der Waals surface area contributed by atoms with Crippen LogP contribution in [0.4, 0.5) is 0 Å². The maximum absolute atomic E-state index is 12.3. The van der Waals surface area contributed by atoms with Crippen molar-refractivity contribution in [2.75, 3.05) is 13.1 Å². The second-order valence-corrected chi connectivity index (χ2v) is 9.39. The number of benzene rings is 1. The van der Waals surface area contributed by atoms with E-state index in [4.69, 9.17) is 0 Å². The summed E-state index contributed by atoms with van der Waals surface area (Å²) in [5, 5.41) is 2.86. The molecule has 0 radical (unpaired) electrons. The van der Waals surface area contributed by atoms with Gasteiger partial charge in [0.25, 0.3) is 0 Å². The first-order valence-corrected chi connectivity index (χ1v) is 11.2. The van der Waals surface area contributed by atoms with Crippen molar-refractivity contribution in [1.29, 1.82) is 0 Å². The third kappa shape index (κ3) is 5.88. The monoisotopic (exact) mass is 379 g/mol. The Morgan fingerprint density at radius 1 is 1.24 bits per heavy atom. The molecule has 1 aliphatic heterocycles. The predicted octanol–water partition coefficient (Wildman–Crippen LogP) is 3.06. The molecule has 7 heteroatoms. The molecule has 1 aliphatic rings. The van der Waals surface area contributed by atoms with Gasteiger partial charge in [-0.05, 0) is 38.4 Å². The van der Waals surface area contributed by atoms with Crippen molar-refractivity contribution in [3.05, 3.63) is 51.5 Å². The van der Waals surface area contributed by atoms with Crippen LogP contribution < -0.4 is 4.72 Å². The van der Waals surface area contributed by atoms with Crippen molar-refractivity contribution in [2.24, 2.45) is 0 Å². The van der Waals surface area contributed by atoms with E-state index in [0.717, 1.165) is 41.5 Å². The third-order valence-corrected chi connectivity index (χ3v) is 6.51. The minimum atomic E-state index is -3.36. The highest BCUT2D eigenvalue weighted by molar-refractivity contribution is 7.88. The summed E-state index contributed by atoms with van der Waals surface area (Å²) in [4.78, 5) is 7.00. The van der Waals surface area contributed by atoms with E-state index in [9.17, 15) is 8.42 Å². The van der Waals surface area contributed by atoms with Gasteiger partial charge in [0.15, 0.2) is 0 Å². The fraction of sp³-hybridized carbons (Fsp3) is 0.500. The summed E-state index contributed by atoms with van der Waals surface area (Å²) in [6.07, 6.45) is 3.84. The summed E-state index contributed by atoms with van der Waals surface area (Å²) < 4.78 is 27.2. The summed E-state index contributed by atoms with van der Waals surface area (Å²) in [7, 11) is -3.36. The Morgan fingerprint density at radius 3 is 2.80 bits per heavy atom. The number of aryl methyl sites for hydroxylation is 1. The van der Waals surface area contributed by atoms with Gasteiger partial charge >= 0.3 is 0 Å². The fourth-order valence-corrected chi connectivity index (χ4v) is 4.99. The molecule has 0 unspecified atom stereocenters. The molecule has 25 heavy (non-hydrogen) atoms. The molecule has 0 spiro atoms. The van der Waals surface area contributed by atoms with E-state index in [1.54, 1.807) is 0 Å². The number of nitrogens with one attached hydrogen (secondary N) is 1. The van der Waals surface area contributed by atoms with Crippen molar-refractivity contribution in [2.45, 2.75) is 45.0 Å². The SMILES string of the molecule is Cc1cccc(CS(=O)(=O)NCc2nc(CN3CCCCC3)cs2)c1. The second-order valence-electron chi connectivity index (χ2n) is 6.64. The van der Waals surface area contributed by atoms with Crippen LogP contribution in [-0.4, -0.2) is 31.4 Å². The molecule has 0 bridgehead atoms. The normalized spacial score (nSPS) is 16.2. The van der Waals surface area contributed by atoms with E-state index in [-0.39, 0.29) is 12.3 Å². The van der Waals surface area contributed by atoms with Gasteiger partial charge in [-0.3, -0.25) is 4.90 Å². The second kappa shape index (κ2) is 8.40. The summed E-state index contributed by atoms with van der Waals surface area (Å²) in [6.45, 7) is 5.36. The molecule has 0 aliphatic carbocycles. The molecule has 136 valence electrons. The Labute approximate surface area is 154 Å². The number of sulfonamides is 1. The van der Waals surface area contributed by atoms with Crippen molar-refractivity contribution in [1.82, 2.24) is 14.6 Å². The number of likely N-dealkylation sites (tertiary alicyclic amines) is 1. The average Bonchev–Trinajstić information content (AvgIpc) is 3.01. The van der Waals surface area contributed by atoms with Crippen LogP contribution in [0, 0.1) is 6.92 Å². The first-order valence-electron chi connectivity index (χ1n) is 8.69. The zero-order chi connectivity index (χ0) is 17.7. The van der Waals surface area contributed by atoms with Crippen LogP contribution in [0.25, 0.3) is 0 Å². The van der Waals surface area contributed by atoms with Gasteiger partial charge < -0.3 is 0 Å². The first-order chi connectivity index (χ1) is 12.0. The molecule has 3 rings (SSSR count). The Hall–Kier alpha value is -1.28. The highest BCUT2D eigenvalue weighted by Gasteiger charge is 2.15. The van der Waals surface area contributed by atoms with Crippen molar-refractivity contribution in [3.8, 4) is 0 Å². The van der Waals surface area contributed by atoms with E-state index in [1.165, 1.54) is 30.6 Å². The number of rotatable bonds is 7. The predicted molar refractivity (Wildman–Crippen MR) is 102 cm³/mol. The van der Waals surface area contributed by atoms with Crippen LogP contribution in [0.1, 0.15) is 41.1 Å². The summed E-state index contributed by atoms with van der Waals surface area (Å²) in [6, 6.07) is 7.59. The lowest BCUT2D eigenvalue weighted by Gasteiger charge is -2.25. The van der Waals surface area contributed by atoms with Crippen molar-refractivity contribution >= 4 is 21.4 Å². The zero-order valence-corrected chi connectivity index (χ0v) is 16.2.